The molecule has 3 nitrogen and oxygen atoms in total. The minimum atomic E-state index is -0.362. The van der Waals surface area contributed by atoms with Crippen molar-refractivity contribution >= 4 is 28.5 Å². The van der Waals surface area contributed by atoms with E-state index in [0.717, 1.165) is 27.6 Å². The Bertz CT molecular complexity index is 875. The molecule has 2 heterocycles. The maximum atomic E-state index is 11.8. The summed E-state index contributed by atoms with van der Waals surface area (Å²) in [4.78, 5) is 16.3. The second-order valence-corrected chi connectivity index (χ2v) is 5.35. The van der Waals surface area contributed by atoms with Gasteiger partial charge in [0.05, 0.1) is 5.52 Å². The lowest BCUT2D eigenvalue weighted by Gasteiger charge is -2.11. The highest BCUT2D eigenvalue weighted by atomic mass is 35.5. The minimum Gasteiger partial charge on any atom is -0.456 e. The lowest BCUT2D eigenvalue weighted by atomic mass is 9.95. The number of carbonyl (C=O) groups excluding carboxylic acids is 1. The molecule has 0 unspecified atom stereocenters. The summed E-state index contributed by atoms with van der Waals surface area (Å²) in [6, 6.07) is 15.4. The SMILES string of the molecule is O=C1OCc2c1nc1ccc(Cl)cc1c2-c1ccccc1. The molecule has 1 aliphatic rings. The normalized spacial score (nSPS) is 13.3. The fourth-order valence-electron chi connectivity index (χ4n) is 2.72. The van der Waals surface area contributed by atoms with Gasteiger partial charge >= 0.3 is 5.97 Å². The number of carbonyl (C=O) groups is 1. The summed E-state index contributed by atoms with van der Waals surface area (Å²) in [6.07, 6.45) is 0. The second-order valence-electron chi connectivity index (χ2n) is 4.92. The fraction of sp³-hybridized carbons (Fsp3) is 0.0588. The molecule has 102 valence electrons. The standard InChI is InChI=1S/C17H10ClNO2/c18-11-6-7-14-12(8-11)15(10-4-2-1-3-5-10)13-9-21-17(20)16(13)19-14/h1-8H,9H2. The predicted octanol–water partition coefficient (Wildman–Crippen LogP) is 4.23. The highest BCUT2D eigenvalue weighted by molar-refractivity contribution is 6.31. The lowest BCUT2D eigenvalue weighted by molar-refractivity contribution is 0.0531. The van der Waals surface area contributed by atoms with Gasteiger partial charge in [-0.1, -0.05) is 41.9 Å². The van der Waals surface area contributed by atoms with Gasteiger partial charge < -0.3 is 4.74 Å². The summed E-state index contributed by atoms with van der Waals surface area (Å²) in [5.41, 5.74) is 3.99. The number of aromatic nitrogens is 1. The highest BCUT2D eigenvalue weighted by Crippen LogP contribution is 2.37. The number of pyridine rings is 1. The fourth-order valence-corrected chi connectivity index (χ4v) is 2.90. The van der Waals surface area contributed by atoms with Gasteiger partial charge in [0.1, 0.15) is 6.61 Å². The molecule has 0 saturated heterocycles. The van der Waals surface area contributed by atoms with E-state index < -0.39 is 0 Å². The van der Waals surface area contributed by atoms with Crippen molar-refractivity contribution in [1.82, 2.24) is 4.98 Å². The van der Waals surface area contributed by atoms with E-state index in [1.54, 1.807) is 6.07 Å². The van der Waals surface area contributed by atoms with Crippen LogP contribution in [0.5, 0.6) is 0 Å². The Morgan fingerprint density at radius 2 is 1.90 bits per heavy atom. The molecule has 0 spiro atoms. The van der Waals surface area contributed by atoms with Gasteiger partial charge in [-0.05, 0) is 23.8 Å². The van der Waals surface area contributed by atoms with Crippen LogP contribution in [0.25, 0.3) is 22.0 Å². The number of esters is 1. The average molecular weight is 296 g/mol. The molecule has 21 heavy (non-hydrogen) atoms. The van der Waals surface area contributed by atoms with Crippen LogP contribution in [0.15, 0.2) is 48.5 Å². The first-order valence-electron chi connectivity index (χ1n) is 6.59. The van der Waals surface area contributed by atoms with Crippen molar-refractivity contribution in [2.45, 2.75) is 6.61 Å². The predicted molar refractivity (Wildman–Crippen MR) is 81.3 cm³/mol. The molecule has 0 saturated carbocycles. The van der Waals surface area contributed by atoms with Gasteiger partial charge in [-0.3, -0.25) is 0 Å². The number of ether oxygens (including phenoxy) is 1. The largest absolute Gasteiger partial charge is 0.456 e. The van der Waals surface area contributed by atoms with Gasteiger partial charge in [0.25, 0.3) is 0 Å². The molecule has 1 aromatic heterocycles. The van der Waals surface area contributed by atoms with Crippen LogP contribution in [0, 0.1) is 0 Å². The Morgan fingerprint density at radius 3 is 2.71 bits per heavy atom. The molecule has 0 atom stereocenters. The topological polar surface area (TPSA) is 39.2 Å². The molecule has 0 fully saturated rings. The number of hydrogen-bond acceptors (Lipinski definition) is 3. The van der Waals surface area contributed by atoms with E-state index in [1.807, 2.05) is 42.5 Å². The van der Waals surface area contributed by atoms with Crippen LogP contribution in [0.2, 0.25) is 5.02 Å². The summed E-state index contributed by atoms with van der Waals surface area (Å²) >= 11 is 6.13. The van der Waals surface area contributed by atoms with Crippen LogP contribution in [-0.2, 0) is 11.3 Å². The smallest absolute Gasteiger partial charge is 0.357 e. The molecule has 1 aliphatic heterocycles. The summed E-state index contributed by atoms with van der Waals surface area (Å²) < 4.78 is 5.15. The van der Waals surface area contributed by atoms with Crippen molar-refractivity contribution in [3.05, 3.63) is 64.8 Å². The highest BCUT2D eigenvalue weighted by Gasteiger charge is 2.28. The average Bonchev–Trinajstić information content (AvgIpc) is 2.87. The first kappa shape index (κ1) is 12.4. The zero-order chi connectivity index (χ0) is 14.4. The molecule has 0 N–H and O–H groups in total. The van der Waals surface area contributed by atoms with E-state index >= 15 is 0 Å². The van der Waals surface area contributed by atoms with Gasteiger partial charge in [0.2, 0.25) is 0 Å². The lowest BCUT2D eigenvalue weighted by Crippen LogP contribution is -2.00. The van der Waals surface area contributed by atoms with E-state index in [9.17, 15) is 4.79 Å². The van der Waals surface area contributed by atoms with E-state index in [2.05, 4.69) is 4.98 Å². The number of rotatable bonds is 1. The monoisotopic (exact) mass is 295 g/mol. The van der Waals surface area contributed by atoms with Crippen LogP contribution in [0.1, 0.15) is 16.1 Å². The zero-order valence-corrected chi connectivity index (χ0v) is 11.7. The van der Waals surface area contributed by atoms with Crippen molar-refractivity contribution in [2.24, 2.45) is 0 Å². The van der Waals surface area contributed by atoms with Gasteiger partial charge in [-0.15, -0.1) is 0 Å². The van der Waals surface area contributed by atoms with Crippen LogP contribution in [0.4, 0.5) is 0 Å². The first-order valence-corrected chi connectivity index (χ1v) is 6.96. The van der Waals surface area contributed by atoms with Crippen molar-refractivity contribution in [2.75, 3.05) is 0 Å². The molecule has 0 radical (unpaired) electrons. The van der Waals surface area contributed by atoms with Crippen molar-refractivity contribution in [3.63, 3.8) is 0 Å². The van der Waals surface area contributed by atoms with Crippen molar-refractivity contribution < 1.29 is 9.53 Å². The van der Waals surface area contributed by atoms with Crippen LogP contribution in [0.3, 0.4) is 0 Å². The molecule has 0 aliphatic carbocycles. The number of hydrogen-bond donors (Lipinski definition) is 0. The Kier molecular flexibility index (Phi) is 2.69. The van der Waals surface area contributed by atoms with Gasteiger partial charge in [0, 0.05) is 21.5 Å². The van der Waals surface area contributed by atoms with Crippen LogP contribution < -0.4 is 0 Å². The summed E-state index contributed by atoms with van der Waals surface area (Å²) in [5.74, 6) is -0.362. The van der Waals surface area contributed by atoms with Gasteiger partial charge in [-0.2, -0.15) is 0 Å². The molecule has 4 heteroatoms. The Hall–Kier alpha value is -2.39. The van der Waals surface area contributed by atoms with Gasteiger partial charge in [0.15, 0.2) is 5.69 Å². The van der Waals surface area contributed by atoms with Crippen molar-refractivity contribution in [1.29, 1.82) is 0 Å². The third-order valence-electron chi connectivity index (χ3n) is 3.65. The van der Waals surface area contributed by atoms with Crippen LogP contribution in [-0.4, -0.2) is 11.0 Å². The Labute approximate surface area is 126 Å². The summed E-state index contributed by atoms with van der Waals surface area (Å²) in [6.45, 7) is 0.258. The number of halogens is 1. The number of fused-ring (bicyclic) bond motifs is 2. The van der Waals surface area contributed by atoms with E-state index in [-0.39, 0.29) is 12.6 Å². The Morgan fingerprint density at radius 1 is 1.10 bits per heavy atom. The molecule has 0 amide bonds. The maximum Gasteiger partial charge on any atom is 0.357 e. The summed E-state index contributed by atoms with van der Waals surface area (Å²) in [7, 11) is 0. The van der Waals surface area contributed by atoms with E-state index in [1.165, 1.54) is 0 Å². The first-order chi connectivity index (χ1) is 10.2. The molecular weight excluding hydrogens is 286 g/mol. The van der Waals surface area contributed by atoms with Crippen LogP contribution >= 0.6 is 11.6 Å². The summed E-state index contributed by atoms with van der Waals surface area (Å²) in [5, 5.41) is 1.58. The zero-order valence-electron chi connectivity index (χ0n) is 11.0. The molecule has 3 aromatic rings. The second kappa shape index (κ2) is 4.57. The van der Waals surface area contributed by atoms with E-state index in [4.69, 9.17) is 16.3 Å². The van der Waals surface area contributed by atoms with Crippen molar-refractivity contribution in [3.8, 4) is 11.1 Å². The quantitative estimate of drug-likeness (QED) is 0.631. The number of benzene rings is 2. The molecule has 0 bridgehead atoms. The van der Waals surface area contributed by atoms with Gasteiger partial charge in [-0.25, -0.2) is 9.78 Å². The maximum absolute atomic E-state index is 11.8. The molecule has 4 rings (SSSR count). The number of nitrogens with zero attached hydrogens (tertiary/aromatic N) is 1. The third-order valence-corrected chi connectivity index (χ3v) is 3.89. The number of cyclic esters (lactones) is 1. The Balaban J connectivity index is 2.16. The molecule has 2 aromatic carbocycles. The molecular formula is C17H10ClNO2. The minimum absolute atomic E-state index is 0.258. The third kappa shape index (κ3) is 1.89. The van der Waals surface area contributed by atoms with E-state index in [0.29, 0.717) is 10.7 Å².